The monoisotopic (exact) mass is 297 g/mol. The van der Waals surface area contributed by atoms with Crippen molar-refractivity contribution in [3.8, 4) is 5.75 Å². The number of rotatable bonds is 5. The Morgan fingerprint density at radius 1 is 1.45 bits per heavy atom. The molecule has 8 heteroatoms. The maximum atomic E-state index is 10.9. The zero-order chi connectivity index (χ0) is 14.7. The number of halogens is 1. The summed E-state index contributed by atoms with van der Waals surface area (Å²) in [5.74, 6) is -0.802. The molecule has 0 saturated carbocycles. The minimum absolute atomic E-state index is 0.0111. The van der Waals surface area contributed by atoms with E-state index in [4.69, 9.17) is 25.9 Å². The van der Waals surface area contributed by atoms with Gasteiger partial charge in [0, 0.05) is 12.1 Å². The number of nitro groups is 1. The van der Waals surface area contributed by atoms with Crippen LogP contribution in [0.3, 0.4) is 0 Å². The molecule has 0 amide bonds. The SMILES string of the molecule is O=C(O)c1ccoc1COc1ccc([N+](=O)[O-])cc1Cl. The van der Waals surface area contributed by atoms with Crippen LogP contribution < -0.4 is 4.74 Å². The van der Waals surface area contributed by atoms with Crippen LogP contribution >= 0.6 is 11.6 Å². The predicted octanol–water partition coefficient (Wildman–Crippen LogP) is 3.12. The molecule has 0 bridgehead atoms. The zero-order valence-electron chi connectivity index (χ0n) is 9.91. The second kappa shape index (κ2) is 5.62. The molecule has 2 rings (SSSR count). The number of hydrogen-bond donors (Lipinski definition) is 1. The van der Waals surface area contributed by atoms with Crippen LogP contribution in [-0.4, -0.2) is 16.0 Å². The molecule has 0 aliphatic carbocycles. The topological polar surface area (TPSA) is 103 Å². The first kappa shape index (κ1) is 13.9. The third-order valence-electron chi connectivity index (χ3n) is 2.46. The van der Waals surface area contributed by atoms with Gasteiger partial charge in [0.1, 0.15) is 17.9 Å². The Labute approximate surface area is 117 Å². The summed E-state index contributed by atoms with van der Waals surface area (Å²) in [6.45, 7) is -0.147. The first-order valence-corrected chi connectivity index (χ1v) is 5.73. The number of nitrogens with zero attached hydrogens (tertiary/aromatic N) is 1. The van der Waals surface area contributed by atoms with Crippen LogP contribution in [0.1, 0.15) is 16.1 Å². The highest BCUT2D eigenvalue weighted by atomic mass is 35.5. The minimum Gasteiger partial charge on any atom is -0.484 e. The highest BCUT2D eigenvalue weighted by molar-refractivity contribution is 6.32. The molecular weight excluding hydrogens is 290 g/mol. The van der Waals surface area contributed by atoms with E-state index in [1.807, 2.05) is 0 Å². The molecule has 0 unspecified atom stereocenters. The minimum atomic E-state index is -1.13. The van der Waals surface area contributed by atoms with E-state index < -0.39 is 10.9 Å². The Bertz CT molecular complexity index is 666. The molecule has 0 fully saturated rings. The highest BCUT2D eigenvalue weighted by Crippen LogP contribution is 2.29. The summed E-state index contributed by atoms with van der Waals surface area (Å²) in [5.41, 5.74) is -0.172. The van der Waals surface area contributed by atoms with Gasteiger partial charge in [0.15, 0.2) is 5.76 Å². The molecule has 1 aromatic carbocycles. The smallest absolute Gasteiger partial charge is 0.339 e. The van der Waals surface area contributed by atoms with Crippen LogP contribution in [0, 0.1) is 10.1 Å². The number of carboxylic acid groups (broad SMARTS) is 1. The lowest BCUT2D eigenvalue weighted by Crippen LogP contribution is -2.02. The first-order valence-electron chi connectivity index (χ1n) is 5.35. The van der Waals surface area contributed by atoms with Gasteiger partial charge in [0.05, 0.1) is 16.2 Å². The second-order valence-electron chi connectivity index (χ2n) is 3.72. The maximum absolute atomic E-state index is 10.9. The normalized spacial score (nSPS) is 10.2. The largest absolute Gasteiger partial charge is 0.484 e. The van der Waals surface area contributed by atoms with Crippen LogP contribution in [0.2, 0.25) is 5.02 Å². The summed E-state index contributed by atoms with van der Waals surface area (Å²) >= 11 is 5.84. The van der Waals surface area contributed by atoms with Gasteiger partial charge in [0.2, 0.25) is 0 Å². The lowest BCUT2D eigenvalue weighted by atomic mass is 10.2. The van der Waals surface area contributed by atoms with E-state index in [2.05, 4.69) is 0 Å². The average molecular weight is 298 g/mol. The molecule has 0 aliphatic rings. The van der Waals surface area contributed by atoms with Crippen LogP contribution in [0.15, 0.2) is 34.9 Å². The van der Waals surface area contributed by atoms with Crippen molar-refractivity contribution in [2.24, 2.45) is 0 Å². The molecule has 20 heavy (non-hydrogen) atoms. The molecule has 1 N–H and O–H groups in total. The van der Waals surface area contributed by atoms with Gasteiger partial charge in [-0.1, -0.05) is 11.6 Å². The maximum Gasteiger partial charge on any atom is 0.339 e. The molecule has 104 valence electrons. The Balaban J connectivity index is 2.13. The van der Waals surface area contributed by atoms with E-state index in [0.717, 1.165) is 6.07 Å². The number of nitro benzene ring substituents is 1. The Hall–Kier alpha value is -2.54. The van der Waals surface area contributed by atoms with Gasteiger partial charge in [0.25, 0.3) is 5.69 Å². The number of ether oxygens (including phenoxy) is 1. The van der Waals surface area contributed by atoms with Gasteiger partial charge in [-0.2, -0.15) is 0 Å². The molecule has 0 radical (unpaired) electrons. The Morgan fingerprint density at radius 2 is 2.20 bits per heavy atom. The van der Waals surface area contributed by atoms with Crippen molar-refractivity contribution in [3.05, 3.63) is 57.0 Å². The van der Waals surface area contributed by atoms with Crippen molar-refractivity contribution in [2.75, 3.05) is 0 Å². The Kier molecular flexibility index (Phi) is 3.90. The molecule has 1 heterocycles. The van der Waals surface area contributed by atoms with E-state index in [1.54, 1.807) is 0 Å². The summed E-state index contributed by atoms with van der Waals surface area (Å²) < 4.78 is 10.3. The lowest BCUT2D eigenvalue weighted by Gasteiger charge is -2.06. The number of furan rings is 1. The van der Waals surface area contributed by atoms with Crippen molar-refractivity contribution < 1.29 is 24.0 Å². The fourth-order valence-electron chi connectivity index (χ4n) is 1.51. The van der Waals surface area contributed by atoms with Crippen LogP contribution in [0.5, 0.6) is 5.75 Å². The van der Waals surface area contributed by atoms with Gasteiger partial charge in [-0.15, -0.1) is 0 Å². The van der Waals surface area contributed by atoms with Gasteiger partial charge in [-0.3, -0.25) is 10.1 Å². The highest BCUT2D eigenvalue weighted by Gasteiger charge is 2.15. The predicted molar refractivity (Wildman–Crippen MR) is 68.1 cm³/mol. The summed E-state index contributed by atoms with van der Waals surface area (Å²) in [5, 5.41) is 19.5. The van der Waals surface area contributed by atoms with E-state index in [0.29, 0.717) is 0 Å². The first-order chi connectivity index (χ1) is 9.49. The number of aromatic carboxylic acids is 1. The number of non-ortho nitro benzene ring substituents is 1. The average Bonchev–Trinajstić information content (AvgIpc) is 2.85. The molecule has 1 aromatic heterocycles. The summed E-state index contributed by atoms with van der Waals surface area (Å²) in [6, 6.07) is 5.03. The number of hydrogen-bond acceptors (Lipinski definition) is 5. The summed E-state index contributed by atoms with van der Waals surface area (Å²) in [6.07, 6.45) is 1.24. The van der Waals surface area contributed by atoms with Crippen molar-refractivity contribution in [2.45, 2.75) is 6.61 Å². The lowest BCUT2D eigenvalue weighted by molar-refractivity contribution is -0.384. The third kappa shape index (κ3) is 2.89. The molecule has 0 spiro atoms. The molecular formula is C12H8ClNO6. The molecule has 7 nitrogen and oxygen atoms in total. The van der Waals surface area contributed by atoms with Gasteiger partial charge >= 0.3 is 5.97 Å². The molecule has 2 aromatic rings. The molecule has 0 aliphatic heterocycles. The van der Waals surface area contributed by atoms with Crippen LogP contribution in [0.4, 0.5) is 5.69 Å². The van der Waals surface area contributed by atoms with Crippen LogP contribution in [-0.2, 0) is 6.61 Å². The Morgan fingerprint density at radius 3 is 2.80 bits per heavy atom. The van der Waals surface area contributed by atoms with E-state index >= 15 is 0 Å². The number of carbonyl (C=O) groups is 1. The third-order valence-corrected chi connectivity index (χ3v) is 2.76. The molecule has 0 atom stereocenters. The van der Waals surface area contributed by atoms with Crippen LogP contribution in [0.25, 0.3) is 0 Å². The van der Waals surface area contributed by atoms with E-state index in [9.17, 15) is 14.9 Å². The van der Waals surface area contributed by atoms with Crippen molar-refractivity contribution >= 4 is 23.3 Å². The van der Waals surface area contributed by atoms with Gasteiger partial charge < -0.3 is 14.3 Å². The van der Waals surface area contributed by atoms with Crippen molar-refractivity contribution in [1.82, 2.24) is 0 Å². The number of carboxylic acids is 1. The number of benzene rings is 1. The van der Waals surface area contributed by atoms with E-state index in [-0.39, 0.29) is 34.4 Å². The van der Waals surface area contributed by atoms with Crippen molar-refractivity contribution in [1.29, 1.82) is 0 Å². The second-order valence-corrected chi connectivity index (χ2v) is 4.13. The standard InChI is InChI=1S/C12H8ClNO6/c13-9-5-7(14(17)18)1-2-10(9)20-6-11-8(12(15)16)3-4-19-11/h1-5H,6H2,(H,15,16). The fourth-order valence-corrected chi connectivity index (χ4v) is 1.74. The van der Waals surface area contributed by atoms with Gasteiger partial charge in [-0.05, 0) is 12.1 Å². The van der Waals surface area contributed by atoms with Gasteiger partial charge in [-0.25, -0.2) is 4.79 Å². The molecule has 0 saturated heterocycles. The summed E-state index contributed by atoms with van der Waals surface area (Å²) in [4.78, 5) is 20.8. The summed E-state index contributed by atoms with van der Waals surface area (Å²) in [7, 11) is 0. The van der Waals surface area contributed by atoms with Crippen molar-refractivity contribution in [3.63, 3.8) is 0 Å². The zero-order valence-corrected chi connectivity index (χ0v) is 10.7. The quantitative estimate of drug-likeness (QED) is 0.672. The van der Waals surface area contributed by atoms with E-state index in [1.165, 1.54) is 24.5 Å². The fraction of sp³-hybridized carbons (Fsp3) is 0.0833.